The van der Waals surface area contributed by atoms with Crippen LogP contribution in [0.4, 0.5) is 10.5 Å². The lowest BCUT2D eigenvalue weighted by molar-refractivity contribution is -0.384. The fourth-order valence-electron chi connectivity index (χ4n) is 2.33. The van der Waals surface area contributed by atoms with E-state index in [-0.39, 0.29) is 17.5 Å². The summed E-state index contributed by atoms with van der Waals surface area (Å²) in [5.74, 6) is -0.150. The third kappa shape index (κ3) is 2.62. The summed E-state index contributed by atoms with van der Waals surface area (Å²) in [5.41, 5.74) is 1.65. The normalized spacial score (nSPS) is 18.5. The van der Waals surface area contributed by atoms with Crippen molar-refractivity contribution in [3.63, 3.8) is 0 Å². The van der Waals surface area contributed by atoms with Gasteiger partial charge in [-0.05, 0) is 31.5 Å². The Labute approximate surface area is 121 Å². The van der Waals surface area contributed by atoms with Crippen LogP contribution in [0, 0.1) is 10.1 Å². The van der Waals surface area contributed by atoms with Gasteiger partial charge in [0, 0.05) is 30.5 Å². The minimum atomic E-state index is -0.591. The van der Waals surface area contributed by atoms with Gasteiger partial charge in [-0.3, -0.25) is 14.9 Å². The van der Waals surface area contributed by atoms with Gasteiger partial charge in [-0.25, -0.2) is 4.79 Å². The molecule has 1 N–H and O–H groups in total. The van der Waals surface area contributed by atoms with Crippen molar-refractivity contribution in [3.8, 4) is 0 Å². The second-order valence-corrected chi connectivity index (χ2v) is 4.85. The number of nitrogens with zero attached hydrogens (tertiary/aromatic N) is 2. The Bertz CT molecular complexity index is 649. The number of urea groups is 1. The Balaban J connectivity index is 2.48. The van der Waals surface area contributed by atoms with E-state index in [1.54, 1.807) is 26.1 Å². The number of nitrogens with one attached hydrogen (secondary N) is 1. The molecule has 0 unspecified atom stereocenters. The van der Waals surface area contributed by atoms with Gasteiger partial charge in [-0.1, -0.05) is 0 Å². The van der Waals surface area contributed by atoms with Gasteiger partial charge in [-0.2, -0.15) is 0 Å². The monoisotopic (exact) mass is 289 g/mol. The highest BCUT2D eigenvalue weighted by molar-refractivity contribution is 5.98. The lowest BCUT2D eigenvalue weighted by atomic mass is 9.92. The molecular weight excluding hydrogens is 274 g/mol. The van der Waals surface area contributed by atoms with Crippen molar-refractivity contribution < 1.29 is 14.5 Å². The molecular formula is C14H15N3O4. The van der Waals surface area contributed by atoms with Crippen LogP contribution >= 0.6 is 0 Å². The topological polar surface area (TPSA) is 92.6 Å². The van der Waals surface area contributed by atoms with Crippen molar-refractivity contribution in [2.45, 2.75) is 19.9 Å². The molecule has 0 saturated carbocycles. The summed E-state index contributed by atoms with van der Waals surface area (Å²) in [6.45, 7) is 3.14. The van der Waals surface area contributed by atoms with Crippen LogP contribution in [-0.4, -0.2) is 28.7 Å². The van der Waals surface area contributed by atoms with Crippen molar-refractivity contribution in [1.29, 1.82) is 0 Å². The Kier molecular flexibility index (Phi) is 3.75. The maximum absolute atomic E-state index is 11.9. The van der Waals surface area contributed by atoms with E-state index in [0.717, 1.165) is 0 Å². The molecule has 0 spiro atoms. The number of amides is 2. The van der Waals surface area contributed by atoms with Gasteiger partial charge in [0.1, 0.15) is 0 Å². The van der Waals surface area contributed by atoms with Crippen molar-refractivity contribution >= 4 is 17.5 Å². The molecule has 1 aliphatic heterocycles. The summed E-state index contributed by atoms with van der Waals surface area (Å²) in [6.07, 6.45) is 0. The zero-order chi connectivity index (χ0) is 15.7. The number of non-ortho nitro benzene ring substituents is 1. The maximum atomic E-state index is 11.9. The van der Waals surface area contributed by atoms with Gasteiger partial charge < -0.3 is 10.2 Å². The van der Waals surface area contributed by atoms with E-state index in [4.69, 9.17) is 0 Å². The summed E-state index contributed by atoms with van der Waals surface area (Å²) < 4.78 is 0. The molecule has 1 heterocycles. The van der Waals surface area contributed by atoms with Crippen LogP contribution in [0.1, 0.15) is 25.5 Å². The molecule has 2 rings (SSSR count). The number of carbonyl (C=O) groups excluding carboxylic acids is 2. The molecule has 0 saturated heterocycles. The largest absolute Gasteiger partial charge is 0.327 e. The number of Topliss-reactive ketones (excluding diaryl/α,β-unsaturated/α-hetero) is 1. The Morgan fingerprint density at radius 1 is 1.33 bits per heavy atom. The molecule has 7 nitrogen and oxygen atoms in total. The van der Waals surface area contributed by atoms with E-state index in [0.29, 0.717) is 16.8 Å². The first kappa shape index (κ1) is 14.7. The van der Waals surface area contributed by atoms with Crippen molar-refractivity contribution in [3.05, 3.63) is 51.2 Å². The molecule has 1 aliphatic rings. The fourth-order valence-corrected chi connectivity index (χ4v) is 2.33. The fraction of sp³-hybridized carbons (Fsp3) is 0.286. The van der Waals surface area contributed by atoms with Gasteiger partial charge in [0.2, 0.25) is 0 Å². The Hall–Kier alpha value is -2.70. The Morgan fingerprint density at radius 3 is 2.38 bits per heavy atom. The van der Waals surface area contributed by atoms with Crippen LogP contribution < -0.4 is 5.32 Å². The van der Waals surface area contributed by atoms with Crippen LogP contribution in [0.5, 0.6) is 0 Å². The number of carbonyl (C=O) groups is 2. The number of nitro benzene ring substituents is 1. The van der Waals surface area contributed by atoms with Gasteiger partial charge in [0.05, 0.1) is 11.0 Å². The summed E-state index contributed by atoms with van der Waals surface area (Å²) in [4.78, 5) is 35.3. The summed E-state index contributed by atoms with van der Waals surface area (Å²) >= 11 is 0. The molecule has 1 aromatic carbocycles. The molecule has 0 aliphatic carbocycles. The minimum Gasteiger partial charge on any atom is -0.327 e. The van der Waals surface area contributed by atoms with Crippen LogP contribution in [0.2, 0.25) is 0 Å². The molecule has 0 aromatic heterocycles. The van der Waals surface area contributed by atoms with E-state index in [1.165, 1.54) is 24.0 Å². The molecule has 21 heavy (non-hydrogen) atoms. The predicted molar refractivity (Wildman–Crippen MR) is 75.5 cm³/mol. The lowest BCUT2D eigenvalue weighted by Crippen LogP contribution is -2.45. The van der Waals surface area contributed by atoms with Gasteiger partial charge in [-0.15, -0.1) is 0 Å². The number of hydrogen-bond acceptors (Lipinski definition) is 4. The van der Waals surface area contributed by atoms with Crippen LogP contribution in [0.3, 0.4) is 0 Å². The van der Waals surface area contributed by atoms with Gasteiger partial charge in [0.25, 0.3) is 5.69 Å². The molecule has 1 atom stereocenters. The highest BCUT2D eigenvalue weighted by Crippen LogP contribution is 2.30. The highest BCUT2D eigenvalue weighted by atomic mass is 16.6. The minimum absolute atomic E-state index is 0.0388. The Morgan fingerprint density at radius 2 is 1.90 bits per heavy atom. The lowest BCUT2D eigenvalue weighted by Gasteiger charge is -2.33. The molecule has 110 valence electrons. The summed E-state index contributed by atoms with van der Waals surface area (Å²) in [6, 6.07) is 4.89. The van der Waals surface area contributed by atoms with E-state index in [9.17, 15) is 19.7 Å². The average Bonchev–Trinajstić information content (AvgIpc) is 2.44. The predicted octanol–water partition coefficient (Wildman–Crippen LogP) is 2.15. The number of allylic oxidation sites excluding steroid dienone is 1. The smallest absolute Gasteiger partial charge is 0.322 e. The molecule has 2 amide bonds. The van der Waals surface area contributed by atoms with Crippen LogP contribution in [-0.2, 0) is 4.79 Å². The molecule has 7 heteroatoms. The maximum Gasteiger partial charge on any atom is 0.322 e. The van der Waals surface area contributed by atoms with E-state index in [1.807, 2.05) is 0 Å². The second kappa shape index (κ2) is 5.35. The van der Waals surface area contributed by atoms with Crippen LogP contribution in [0.15, 0.2) is 35.5 Å². The van der Waals surface area contributed by atoms with Gasteiger partial charge >= 0.3 is 6.03 Å². The van der Waals surface area contributed by atoms with E-state index < -0.39 is 11.0 Å². The first-order chi connectivity index (χ1) is 9.82. The second-order valence-electron chi connectivity index (χ2n) is 4.85. The first-order valence-corrected chi connectivity index (χ1v) is 6.33. The first-order valence-electron chi connectivity index (χ1n) is 6.33. The standard InChI is InChI=1S/C14H15N3O4/c1-8-12(9(2)18)13(15-14(19)16(8)3)10-4-6-11(7-5-10)17(20)21/h4-7,13H,1-3H3,(H,15,19)/t13-/m0/s1. The zero-order valence-corrected chi connectivity index (χ0v) is 11.9. The number of benzene rings is 1. The van der Waals surface area contributed by atoms with Crippen molar-refractivity contribution in [2.24, 2.45) is 0 Å². The van der Waals surface area contributed by atoms with Crippen LogP contribution in [0.25, 0.3) is 0 Å². The summed E-state index contributed by atoms with van der Waals surface area (Å²) in [7, 11) is 1.58. The third-order valence-electron chi connectivity index (χ3n) is 3.57. The highest BCUT2D eigenvalue weighted by Gasteiger charge is 2.32. The molecule has 0 bridgehead atoms. The number of hydrogen-bond donors (Lipinski definition) is 1. The van der Waals surface area contributed by atoms with Crippen molar-refractivity contribution in [2.75, 3.05) is 7.05 Å². The SMILES string of the molecule is CC(=O)C1=C(C)N(C)C(=O)N[C@H]1c1ccc([N+](=O)[O-])cc1. The van der Waals surface area contributed by atoms with E-state index >= 15 is 0 Å². The van der Waals surface area contributed by atoms with E-state index in [2.05, 4.69) is 5.32 Å². The van der Waals surface area contributed by atoms with Crippen molar-refractivity contribution in [1.82, 2.24) is 10.2 Å². The number of rotatable bonds is 3. The van der Waals surface area contributed by atoms with Gasteiger partial charge in [0.15, 0.2) is 5.78 Å². The average molecular weight is 289 g/mol. The third-order valence-corrected chi connectivity index (χ3v) is 3.57. The molecule has 1 aromatic rings. The molecule has 0 fully saturated rings. The summed E-state index contributed by atoms with van der Waals surface area (Å²) in [5, 5.41) is 13.4. The number of ketones is 1. The zero-order valence-electron chi connectivity index (χ0n) is 11.9. The quantitative estimate of drug-likeness (QED) is 0.681. The molecule has 0 radical (unpaired) electrons. The number of nitro groups is 1.